The van der Waals surface area contributed by atoms with Crippen LogP contribution < -0.4 is 11.5 Å². The molecule has 10 nitrogen and oxygen atoms in total. The molecule has 4 fully saturated rings. The van der Waals surface area contributed by atoms with Gasteiger partial charge in [0.2, 0.25) is 11.8 Å². The molecule has 34 heavy (non-hydrogen) atoms. The van der Waals surface area contributed by atoms with E-state index in [2.05, 4.69) is 0 Å². The van der Waals surface area contributed by atoms with Crippen LogP contribution in [0.1, 0.15) is 80.1 Å². The molecular formula is C24H40N4O6. The number of nitrogens with two attached hydrogens (primary N) is 2. The van der Waals surface area contributed by atoms with Gasteiger partial charge in [0.25, 0.3) is 0 Å². The molecule has 2 atom stereocenters. The average molecular weight is 481 g/mol. The summed E-state index contributed by atoms with van der Waals surface area (Å²) in [7, 11) is 0. The van der Waals surface area contributed by atoms with Crippen LogP contribution in [0.3, 0.4) is 0 Å². The highest BCUT2D eigenvalue weighted by Crippen LogP contribution is 2.57. The first-order valence-electron chi connectivity index (χ1n) is 12.1. The van der Waals surface area contributed by atoms with Crippen molar-refractivity contribution in [2.45, 2.75) is 103 Å². The van der Waals surface area contributed by atoms with Crippen molar-refractivity contribution in [2.24, 2.45) is 22.3 Å². The van der Waals surface area contributed by atoms with Crippen LogP contribution in [0.2, 0.25) is 0 Å². The summed E-state index contributed by atoms with van der Waals surface area (Å²) in [5, 5.41) is 0. The van der Waals surface area contributed by atoms with E-state index in [0.717, 1.165) is 32.1 Å². The number of primary amides is 2. The number of nitrogens with zero attached hydrogens (tertiary/aromatic N) is 2. The second kappa shape index (κ2) is 8.61. The molecule has 2 saturated carbocycles. The topological polar surface area (TPSA) is 145 Å². The molecule has 4 N–H and O–H groups in total. The van der Waals surface area contributed by atoms with E-state index in [0.29, 0.717) is 19.5 Å². The zero-order valence-electron chi connectivity index (χ0n) is 21.3. The van der Waals surface area contributed by atoms with E-state index in [4.69, 9.17) is 20.9 Å². The number of carbonyl (C=O) groups excluding carboxylic acids is 4. The minimum atomic E-state index is -0.543. The van der Waals surface area contributed by atoms with E-state index in [1.807, 2.05) is 41.5 Å². The Morgan fingerprint density at radius 1 is 0.765 bits per heavy atom. The summed E-state index contributed by atoms with van der Waals surface area (Å²) in [5.74, 6) is -0.842. The maximum absolute atomic E-state index is 12.0. The molecule has 2 unspecified atom stereocenters. The van der Waals surface area contributed by atoms with E-state index < -0.39 is 47.3 Å². The molecule has 2 aliphatic heterocycles. The van der Waals surface area contributed by atoms with Gasteiger partial charge in [0, 0.05) is 18.5 Å². The minimum absolute atomic E-state index is 0.0390. The lowest BCUT2D eigenvalue weighted by Crippen LogP contribution is -2.48. The van der Waals surface area contributed by atoms with Crippen molar-refractivity contribution in [2.75, 3.05) is 13.1 Å². The van der Waals surface area contributed by atoms with Crippen molar-refractivity contribution < 1.29 is 28.7 Å². The third kappa shape index (κ3) is 5.93. The Morgan fingerprint density at radius 3 is 1.65 bits per heavy atom. The lowest BCUT2D eigenvalue weighted by atomic mass is 9.97. The number of carbonyl (C=O) groups is 4. The second-order valence-corrected chi connectivity index (χ2v) is 12.3. The quantitative estimate of drug-likeness (QED) is 0.621. The van der Waals surface area contributed by atoms with Crippen LogP contribution in [0.4, 0.5) is 9.59 Å². The molecule has 2 saturated heterocycles. The predicted octanol–water partition coefficient (Wildman–Crippen LogP) is 2.52. The van der Waals surface area contributed by atoms with Gasteiger partial charge >= 0.3 is 12.2 Å². The van der Waals surface area contributed by atoms with Crippen molar-refractivity contribution in [3.05, 3.63) is 0 Å². The second-order valence-electron chi connectivity index (χ2n) is 12.3. The van der Waals surface area contributed by atoms with Crippen LogP contribution in [0.25, 0.3) is 0 Å². The van der Waals surface area contributed by atoms with Crippen LogP contribution in [-0.2, 0) is 19.1 Å². The van der Waals surface area contributed by atoms with E-state index in [1.54, 1.807) is 0 Å². The molecule has 4 aliphatic rings. The number of rotatable bonds is 2. The first kappa shape index (κ1) is 26.1. The lowest BCUT2D eigenvalue weighted by molar-refractivity contribution is -0.124. The van der Waals surface area contributed by atoms with Gasteiger partial charge in [-0.3, -0.25) is 19.4 Å². The van der Waals surface area contributed by atoms with E-state index >= 15 is 0 Å². The highest BCUT2D eigenvalue weighted by molar-refractivity contribution is 5.87. The Morgan fingerprint density at radius 2 is 1.26 bits per heavy atom. The number of likely N-dealkylation sites (tertiary alicyclic amines) is 2. The van der Waals surface area contributed by atoms with Gasteiger partial charge in [0.05, 0.1) is 0 Å². The molecule has 0 radical (unpaired) electrons. The number of amides is 4. The zero-order chi connectivity index (χ0) is 25.7. The maximum atomic E-state index is 12.0. The molecule has 192 valence electrons. The fraction of sp³-hybridized carbons (Fsp3) is 0.833. The fourth-order valence-corrected chi connectivity index (χ4v) is 4.96. The van der Waals surface area contributed by atoms with Crippen LogP contribution in [0.5, 0.6) is 0 Å². The van der Waals surface area contributed by atoms with Crippen LogP contribution in [0.15, 0.2) is 0 Å². The number of ether oxygens (including phenoxy) is 2. The molecule has 0 aromatic heterocycles. The Balaban J connectivity index is 0.000000191. The largest absolute Gasteiger partial charge is 0.444 e. The lowest BCUT2D eigenvalue weighted by Gasteiger charge is -2.28. The molecule has 0 aromatic rings. The first-order valence-corrected chi connectivity index (χ1v) is 12.1. The van der Waals surface area contributed by atoms with E-state index in [9.17, 15) is 19.2 Å². The third-order valence-electron chi connectivity index (χ3n) is 6.95. The fourth-order valence-electron chi connectivity index (χ4n) is 4.96. The normalized spacial score (nSPS) is 26.1. The Hall–Kier alpha value is -2.52. The van der Waals surface area contributed by atoms with Gasteiger partial charge in [0.15, 0.2) is 0 Å². The summed E-state index contributed by atoms with van der Waals surface area (Å²) < 4.78 is 10.6. The van der Waals surface area contributed by atoms with Gasteiger partial charge in [0.1, 0.15) is 23.3 Å². The maximum Gasteiger partial charge on any atom is 0.410 e. The minimum Gasteiger partial charge on any atom is -0.444 e. The van der Waals surface area contributed by atoms with Crippen molar-refractivity contribution in [1.29, 1.82) is 0 Å². The smallest absolute Gasteiger partial charge is 0.410 e. The molecule has 0 aromatic carbocycles. The van der Waals surface area contributed by atoms with Crippen molar-refractivity contribution >= 4 is 24.0 Å². The predicted molar refractivity (Wildman–Crippen MR) is 124 cm³/mol. The zero-order valence-corrected chi connectivity index (χ0v) is 21.3. The Bertz CT molecular complexity index is 825. The van der Waals surface area contributed by atoms with Crippen molar-refractivity contribution in [1.82, 2.24) is 9.80 Å². The standard InChI is InChI=1S/2C12H20N2O3/c1-11(2,3)17-10(16)14-7-12(4-5-12)6-8(14)9(13)15;1-11(2,3)17-10(16)14-7-6-12(4-5-12)8(14)9(13)15/h2*8H,4-7H2,1-3H3,(H2,13,15). The van der Waals surface area contributed by atoms with Gasteiger partial charge in [-0.15, -0.1) is 0 Å². The summed E-state index contributed by atoms with van der Waals surface area (Å²) >= 11 is 0. The number of hydrogen-bond acceptors (Lipinski definition) is 6. The van der Waals surface area contributed by atoms with E-state index in [1.165, 1.54) is 9.80 Å². The van der Waals surface area contributed by atoms with Crippen LogP contribution >= 0.6 is 0 Å². The van der Waals surface area contributed by atoms with Gasteiger partial charge in [-0.1, -0.05) is 0 Å². The van der Waals surface area contributed by atoms with Gasteiger partial charge in [-0.05, 0) is 85.5 Å². The SMILES string of the molecule is CC(C)(C)OC(=O)N1CC2(CC2)CC1C(N)=O.CC(C)(C)OC(=O)N1CCC2(CC2)C1C(N)=O. The highest BCUT2D eigenvalue weighted by Gasteiger charge is 2.59. The molecule has 4 amide bonds. The van der Waals surface area contributed by atoms with E-state index in [-0.39, 0.29) is 10.8 Å². The third-order valence-corrected chi connectivity index (χ3v) is 6.95. The van der Waals surface area contributed by atoms with Gasteiger partial charge in [-0.2, -0.15) is 0 Å². The Kier molecular flexibility index (Phi) is 6.60. The molecule has 2 aliphatic carbocycles. The Labute approximate surface area is 201 Å². The average Bonchev–Trinajstić information content (AvgIpc) is 3.48. The first-order chi connectivity index (χ1) is 15.5. The van der Waals surface area contributed by atoms with Gasteiger partial charge < -0.3 is 20.9 Å². The van der Waals surface area contributed by atoms with Crippen LogP contribution in [-0.4, -0.2) is 70.2 Å². The van der Waals surface area contributed by atoms with Crippen molar-refractivity contribution in [3.63, 3.8) is 0 Å². The van der Waals surface area contributed by atoms with Crippen LogP contribution in [0, 0.1) is 10.8 Å². The molecular weight excluding hydrogens is 440 g/mol. The monoisotopic (exact) mass is 480 g/mol. The molecule has 2 heterocycles. The molecule has 10 heteroatoms. The summed E-state index contributed by atoms with van der Waals surface area (Å²) in [6, 6.07) is -0.968. The summed E-state index contributed by atoms with van der Waals surface area (Å²) in [5.41, 5.74) is 9.79. The highest BCUT2D eigenvalue weighted by atomic mass is 16.6. The number of hydrogen-bond donors (Lipinski definition) is 2. The molecule has 0 bridgehead atoms. The molecule has 2 spiro atoms. The summed E-state index contributed by atoms with van der Waals surface area (Å²) in [6.45, 7) is 12.1. The summed E-state index contributed by atoms with van der Waals surface area (Å²) in [4.78, 5) is 49.9. The molecule has 4 rings (SSSR count). The van der Waals surface area contributed by atoms with Crippen molar-refractivity contribution in [3.8, 4) is 0 Å². The van der Waals surface area contributed by atoms with Gasteiger partial charge in [-0.25, -0.2) is 9.59 Å². The summed E-state index contributed by atoms with van der Waals surface area (Å²) in [6.07, 6.45) is 4.84.